The molecule has 0 fully saturated rings. The molecule has 0 atom stereocenters. The first-order chi connectivity index (χ1) is 10.6. The van der Waals surface area contributed by atoms with Crippen molar-refractivity contribution in [3.8, 4) is 5.75 Å². The highest BCUT2D eigenvalue weighted by Gasteiger charge is 2.12. The van der Waals surface area contributed by atoms with Gasteiger partial charge in [-0.2, -0.15) is 0 Å². The number of aryl methyl sites for hydroxylation is 1. The van der Waals surface area contributed by atoms with E-state index in [9.17, 15) is 8.42 Å². The number of hydrogen-bond acceptors (Lipinski definition) is 3. The molecule has 0 aliphatic carbocycles. The van der Waals surface area contributed by atoms with Crippen LogP contribution in [-0.2, 0) is 16.4 Å². The highest BCUT2D eigenvalue weighted by atomic mass is 32.2. The van der Waals surface area contributed by atoms with Crippen LogP contribution < -0.4 is 9.46 Å². The third-order valence-corrected chi connectivity index (χ3v) is 4.66. The van der Waals surface area contributed by atoms with Gasteiger partial charge in [0.15, 0.2) is 0 Å². The minimum absolute atomic E-state index is 0.230. The lowest BCUT2D eigenvalue weighted by atomic mass is 10.1. The fourth-order valence-corrected chi connectivity index (χ4v) is 3.08. The molecule has 118 valence electrons. The molecule has 1 N–H and O–H groups in total. The predicted octanol–water partition coefficient (Wildman–Crippen LogP) is 3.00. The second-order valence-electron chi connectivity index (χ2n) is 4.95. The highest BCUT2D eigenvalue weighted by Crippen LogP contribution is 2.12. The van der Waals surface area contributed by atoms with Crippen LogP contribution in [0.15, 0.2) is 59.5 Å². The van der Waals surface area contributed by atoms with Crippen molar-refractivity contribution in [1.82, 2.24) is 4.72 Å². The van der Waals surface area contributed by atoms with E-state index in [-0.39, 0.29) is 18.0 Å². The van der Waals surface area contributed by atoms with Crippen molar-refractivity contribution in [3.05, 3.63) is 60.2 Å². The summed E-state index contributed by atoms with van der Waals surface area (Å²) in [7, 11) is -3.48. The first kappa shape index (κ1) is 16.5. The van der Waals surface area contributed by atoms with Crippen molar-refractivity contribution >= 4 is 10.0 Å². The van der Waals surface area contributed by atoms with Gasteiger partial charge in [-0.25, -0.2) is 13.1 Å². The van der Waals surface area contributed by atoms with E-state index in [1.807, 2.05) is 42.5 Å². The molecule has 0 saturated heterocycles. The Balaban J connectivity index is 1.85. The summed E-state index contributed by atoms with van der Waals surface area (Å²) in [5.74, 6) is 0.727. The zero-order valence-electron chi connectivity index (χ0n) is 12.7. The Morgan fingerprint density at radius 1 is 1.00 bits per heavy atom. The lowest BCUT2D eigenvalue weighted by molar-refractivity contribution is 0.323. The van der Waals surface area contributed by atoms with Gasteiger partial charge in [-0.1, -0.05) is 43.7 Å². The smallest absolute Gasteiger partial charge is 0.240 e. The zero-order chi connectivity index (χ0) is 15.8. The van der Waals surface area contributed by atoms with Gasteiger partial charge in [0.05, 0.1) is 4.90 Å². The number of nitrogens with one attached hydrogen (secondary N) is 1. The lowest BCUT2D eigenvalue weighted by Crippen LogP contribution is -2.28. The molecule has 0 aliphatic heterocycles. The van der Waals surface area contributed by atoms with Crippen LogP contribution in [0.2, 0.25) is 0 Å². The van der Waals surface area contributed by atoms with E-state index in [0.29, 0.717) is 0 Å². The topological polar surface area (TPSA) is 55.4 Å². The number of para-hydroxylation sites is 1. The van der Waals surface area contributed by atoms with Gasteiger partial charge in [0.2, 0.25) is 10.0 Å². The Bertz CT molecular complexity index is 667. The van der Waals surface area contributed by atoms with Gasteiger partial charge < -0.3 is 4.74 Å². The number of ether oxygens (including phenoxy) is 1. The fraction of sp³-hybridized carbons (Fsp3) is 0.294. The molecule has 2 rings (SSSR count). The van der Waals surface area contributed by atoms with Gasteiger partial charge in [-0.3, -0.25) is 0 Å². The van der Waals surface area contributed by atoms with E-state index in [1.54, 1.807) is 12.1 Å². The Morgan fingerprint density at radius 3 is 2.32 bits per heavy atom. The van der Waals surface area contributed by atoms with Crippen LogP contribution in [0.1, 0.15) is 18.9 Å². The van der Waals surface area contributed by atoms with Crippen LogP contribution in [0.4, 0.5) is 0 Å². The fourth-order valence-electron chi connectivity index (χ4n) is 2.07. The van der Waals surface area contributed by atoms with Crippen molar-refractivity contribution in [2.45, 2.75) is 24.7 Å². The molecule has 0 heterocycles. The molecular weight excluding hydrogens is 298 g/mol. The number of benzene rings is 2. The predicted molar refractivity (Wildman–Crippen MR) is 87.6 cm³/mol. The van der Waals surface area contributed by atoms with Gasteiger partial charge in [0, 0.05) is 6.54 Å². The maximum atomic E-state index is 12.1. The summed E-state index contributed by atoms with van der Waals surface area (Å²) >= 11 is 0. The largest absolute Gasteiger partial charge is 0.492 e. The Hall–Kier alpha value is -1.85. The van der Waals surface area contributed by atoms with Crippen LogP contribution in [-0.4, -0.2) is 21.6 Å². The van der Waals surface area contributed by atoms with Crippen molar-refractivity contribution in [2.75, 3.05) is 13.2 Å². The summed E-state index contributed by atoms with van der Waals surface area (Å²) in [6.07, 6.45) is 2.00. The Labute approximate surface area is 132 Å². The molecule has 0 unspecified atom stereocenters. The van der Waals surface area contributed by atoms with Gasteiger partial charge in [-0.05, 0) is 36.2 Å². The second-order valence-corrected chi connectivity index (χ2v) is 6.72. The van der Waals surface area contributed by atoms with Gasteiger partial charge in [-0.15, -0.1) is 0 Å². The number of rotatable bonds is 8. The standard InChI is InChI=1S/C17H21NO3S/c1-2-6-15-9-11-17(12-10-15)22(19,20)18-13-14-21-16-7-4-3-5-8-16/h3-5,7-12,18H,2,6,13-14H2,1H3. The molecular formula is C17H21NO3S. The van der Waals surface area contributed by atoms with Gasteiger partial charge in [0.25, 0.3) is 0 Å². The lowest BCUT2D eigenvalue weighted by Gasteiger charge is -2.09. The summed E-state index contributed by atoms with van der Waals surface area (Å²) < 4.78 is 32.3. The van der Waals surface area contributed by atoms with Crippen molar-refractivity contribution in [3.63, 3.8) is 0 Å². The quantitative estimate of drug-likeness (QED) is 0.761. The van der Waals surface area contributed by atoms with Crippen molar-refractivity contribution in [1.29, 1.82) is 0 Å². The molecule has 0 amide bonds. The van der Waals surface area contributed by atoms with E-state index >= 15 is 0 Å². The molecule has 0 aliphatic rings. The van der Waals surface area contributed by atoms with Crippen LogP contribution in [0.25, 0.3) is 0 Å². The summed E-state index contributed by atoms with van der Waals surface area (Å²) in [6.45, 7) is 2.62. The molecule has 0 saturated carbocycles. The SMILES string of the molecule is CCCc1ccc(S(=O)(=O)NCCOc2ccccc2)cc1. The average Bonchev–Trinajstić information content (AvgIpc) is 2.53. The number of sulfonamides is 1. The van der Waals surface area contributed by atoms with Gasteiger partial charge in [0.1, 0.15) is 12.4 Å². The summed E-state index contributed by atoms with van der Waals surface area (Å²) in [4.78, 5) is 0.284. The van der Waals surface area contributed by atoms with E-state index < -0.39 is 10.0 Å². The Morgan fingerprint density at radius 2 is 1.68 bits per heavy atom. The summed E-state index contributed by atoms with van der Waals surface area (Å²) in [6, 6.07) is 16.3. The van der Waals surface area contributed by atoms with Gasteiger partial charge >= 0.3 is 0 Å². The third-order valence-electron chi connectivity index (χ3n) is 3.18. The first-order valence-corrected chi connectivity index (χ1v) is 8.86. The second kappa shape index (κ2) is 7.96. The van der Waals surface area contributed by atoms with E-state index in [0.717, 1.165) is 24.2 Å². The van der Waals surface area contributed by atoms with Crippen LogP contribution in [0.5, 0.6) is 5.75 Å². The van der Waals surface area contributed by atoms with E-state index in [2.05, 4.69) is 11.6 Å². The maximum Gasteiger partial charge on any atom is 0.240 e. The average molecular weight is 319 g/mol. The molecule has 2 aromatic rings. The van der Waals surface area contributed by atoms with Crippen molar-refractivity contribution < 1.29 is 13.2 Å². The zero-order valence-corrected chi connectivity index (χ0v) is 13.5. The molecule has 2 aromatic carbocycles. The maximum absolute atomic E-state index is 12.1. The van der Waals surface area contributed by atoms with E-state index in [4.69, 9.17) is 4.74 Å². The van der Waals surface area contributed by atoms with Crippen LogP contribution >= 0.6 is 0 Å². The molecule has 22 heavy (non-hydrogen) atoms. The van der Waals surface area contributed by atoms with Crippen LogP contribution in [0, 0.1) is 0 Å². The molecule has 5 heteroatoms. The monoisotopic (exact) mass is 319 g/mol. The number of hydrogen-bond donors (Lipinski definition) is 1. The molecule has 0 aromatic heterocycles. The van der Waals surface area contributed by atoms with Crippen LogP contribution in [0.3, 0.4) is 0 Å². The minimum Gasteiger partial charge on any atom is -0.492 e. The molecule has 0 radical (unpaired) electrons. The van der Waals surface area contributed by atoms with E-state index in [1.165, 1.54) is 0 Å². The molecule has 0 bridgehead atoms. The first-order valence-electron chi connectivity index (χ1n) is 7.38. The normalized spacial score (nSPS) is 11.3. The summed E-state index contributed by atoms with van der Waals surface area (Å²) in [5, 5.41) is 0. The minimum atomic E-state index is -3.48. The summed E-state index contributed by atoms with van der Waals surface area (Å²) in [5.41, 5.74) is 1.15. The molecule has 4 nitrogen and oxygen atoms in total. The highest BCUT2D eigenvalue weighted by molar-refractivity contribution is 7.89. The third kappa shape index (κ3) is 4.86. The Kier molecular flexibility index (Phi) is 5.98. The van der Waals surface area contributed by atoms with Crippen molar-refractivity contribution in [2.24, 2.45) is 0 Å². The molecule has 0 spiro atoms.